The summed E-state index contributed by atoms with van der Waals surface area (Å²) in [6.07, 6.45) is 2.39. The van der Waals surface area contributed by atoms with E-state index < -0.39 is 0 Å². The molecule has 0 spiro atoms. The second-order valence-corrected chi connectivity index (χ2v) is 4.46. The van der Waals surface area contributed by atoms with Crippen LogP contribution in [-0.2, 0) is 11.2 Å². The summed E-state index contributed by atoms with van der Waals surface area (Å²) in [5.41, 5.74) is 0. The average Bonchev–Trinajstić information content (AvgIpc) is 3.10. The zero-order chi connectivity index (χ0) is 15.1. The van der Waals surface area contributed by atoms with Gasteiger partial charge in [-0.15, -0.1) is 24.0 Å². The van der Waals surface area contributed by atoms with Crippen molar-refractivity contribution >= 4 is 41.9 Å². The maximum atomic E-state index is 11.4. The molecule has 1 aromatic heterocycles. The van der Waals surface area contributed by atoms with Crippen molar-refractivity contribution in [2.45, 2.75) is 6.42 Å². The predicted octanol–water partition coefficient (Wildman–Crippen LogP) is 0.157. The molecule has 2 rings (SSSR count). The first-order valence-electron chi connectivity index (χ1n) is 6.76. The van der Waals surface area contributed by atoms with Gasteiger partial charge in [-0.1, -0.05) is 0 Å². The van der Waals surface area contributed by atoms with Gasteiger partial charge in [-0.05, 0) is 12.1 Å². The molecule has 22 heavy (non-hydrogen) atoms. The number of imide groups is 1. The molecule has 9 heteroatoms. The van der Waals surface area contributed by atoms with E-state index in [9.17, 15) is 9.59 Å². The Morgan fingerprint density at radius 3 is 2.77 bits per heavy atom. The first-order valence-corrected chi connectivity index (χ1v) is 6.76. The number of nitrogens with one attached hydrogen (secondary N) is 3. The zero-order valence-electron chi connectivity index (χ0n) is 12.3. The van der Waals surface area contributed by atoms with E-state index in [1.807, 2.05) is 12.1 Å². The Labute approximate surface area is 145 Å². The summed E-state index contributed by atoms with van der Waals surface area (Å²) in [5, 5.41) is 8.66. The van der Waals surface area contributed by atoms with E-state index in [2.05, 4.69) is 20.9 Å². The third-order valence-corrected chi connectivity index (χ3v) is 3.03. The highest BCUT2D eigenvalue weighted by Crippen LogP contribution is 1.99. The lowest BCUT2D eigenvalue weighted by atomic mass is 10.3. The molecule has 122 valence electrons. The monoisotopic (exact) mass is 421 g/mol. The molecule has 1 saturated heterocycles. The minimum atomic E-state index is -0.345. The summed E-state index contributed by atoms with van der Waals surface area (Å²) in [4.78, 5) is 28.0. The second-order valence-electron chi connectivity index (χ2n) is 4.46. The van der Waals surface area contributed by atoms with Gasteiger partial charge < -0.3 is 20.4 Å². The molecule has 0 bridgehead atoms. The molecule has 2 heterocycles. The minimum absolute atomic E-state index is 0. The third kappa shape index (κ3) is 5.20. The maximum absolute atomic E-state index is 11.4. The Bertz CT molecular complexity index is 502. The molecule has 0 atom stereocenters. The Balaban J connectivity index is 0.00000242. The molecule has 0 unspecified atom stereocenters. The van der Waals surface area contributed by atoms with Crippen LogP contribution in [-0.4, -0.2) is 56.0 Å². The first kappa shape index (κ1) is 18.3. The van der Waals surface area contributed by atoms with Crippen molar-refractivity contribution in [3.63, 3.8) is 0 Å². The second kappa shape index (κ2) is 9.28. The number of nitrogens with zero attached hydrogens (tertiary/aromatic N) is 2. The topological polar surface area (TPSA) is 99.0 Å². The van der Waals surface area contributed by atoms with E-state index in [1.54, 1.807) is 13.3 Å². The molecule has 0 aliphatic carbocycles. The van der Waals surface area contributed by atoms with Crippen LogP contribution in [0.5, 0.6) is 0 Å². The van der Waals surface area contributed by atoms with E-state index in [0.717, 1.165) is 12.2 Å². The quantitative estimate of drug-likeness (QED) is 0.263. The summed E-state index contributed by atoms with van der Waals surface area (Å²) in [6, 6.07) is 3.42. The molecule has 1 aromatic rings. The molecule has 0 radical (unpaired) electrons. The zero-order valence-corrected chi connectivity index (χ0v) is 14.6. The van der Waals surface area contributed by atoms with E-state index in [0.29, 0.717) is 25.6 Å². The molecule has 1 aliphatic rings. The molecule has 1 aliphatic heterocycles. The van der Waals surface area contributed by atoms with Gasteiger partial charge in [0.05, 0.1) is 12.8 Å². The summed E-state index contributed by atoms with van der Waals surface area (Å²) >= 11 is 0. The number of amides is 3. The molecule has 3 N–H and O–H groups in total. The van der Waals surface area contributed by atoms with Crippen molar-refractivity contribution in [3.05, 3.63) is 24.2 Å². The van der Waals surface area contributed by atoms with Crippen molar-refractivity contribution in [1.82, 2.24) is 20.9 Å². The van der Waals surface area contributed by atoms with Gasteiger partial charge >= 0.3 is 6.03 Å². The molecule has 3 amide bonds. The normalized spacial score (nSPS) is 14.6. The molecular formula is C13H20IN5O3. The number of carbonyl (C=O) groups is 2. The molecular weight excluding hydrogens is 401 g/mol. The standard InChI is InChI=1S/C13H19N5O3.HI/c1-14-12(15-5-4-10-3-2-8-21-10)16-6-7-18-11(19)9-17-13(18)20;/h2-3,8H,4-7,9H2,1H3,(H,17,20)(H2,14,15,16);1H. The van der Waals surface area contributed by atoms with Crippen LogP contribution in [0.3, 0.4) is 0 Å². The number of aliphatic imine (C=N–C) groups is 1. The summed E-state index contributed by atoms with van der Waals surface area (Å²) < 4.78 is 5.23. The van der Waals surface area contributed by atoms with Gasteiger partial charge in [0.1, 0.15) is 5.76 Å². The Morgan fingerprint density at radius 1 is 1.41 bits per heavy atom. The predicted molar refractivity (Wildman–Crippen MR) is 92.3 cm³/mol. The number of carbonyl (C=O) groups excluding carboxylic acids is 2. The van der Waals surface area contributed by atoms with Crippen LogP contribution in [0.25, 0.3) is 0 Å². The van der Waals surface area contributed by atoms with Gasteiger partial charge in [-0.25, -0.2) is 4.79 Å². The fourth-order valence-corrected chi connectivity index (χ4v) is 1.95. The number of hydrogen-bond acceptors (Lipinski definition) is 4. The largest absolute Gasteiger partial charge is 0.469 e. The van der Waals surface area contributed by atoms with Gasteiger partial charge in [0.15, 0.2) is 5.96 Å². The van der Waals surface area contributed by atoms with Gasteiger partial charge in [-0.2, -0.15) is 0 Å². The highest BCUT2D eigenvalue weighted by atomic mass is 127. The molecule has 1 fully saturated rings. The molecule has 0 aromatic carbocycles. The van der Waals surface area contributed by atoms with Gasteiger partial charge in [0, 0.05) is 33.1 Å². The van der Waals surface area contributed by atoms with E-state index >= 15 is 0 Å². The summed E-state index contributed by atoms with van der Waals surface area (Å²) in [7, 11) is 1.66. The highest BCUT2D eigenvalue weighted by molar-refractivity contribution is 14.0. The Morgan fingerprint density at radius 2 is 2.18 bits per heavy atom. The van der Waals surface area contributed by atoms with Crippen LogP contribution in [0.1, 0.15) is 5.76 Å². The number of hydrogen-bond donors (Lipinski definition) is 3. The smallest absolute Gasteiger partial charge is 0.324 e. The third-order valence-electron chi connectivity index (χ3n) is 3.03. The van der Waals surface area contributed by atoms with Crippen LogP contribution >= 0.6 is 24.0 Å². The van der Waals surface area contributed by atoms with Crippen molar-refractivity contribution in [2.75, 3.05) is 33.2 Å². The van der Waals surface area contributed by atoms with E-state index in [-0.39, 0.29) is 42.5 Å². The summed E-state index contributed by atoms with van der Waals surface area (Å²) in [5.74, 6) is 1.31. The van der Waals surface area contributed by atoms with Gasteiger partial charge in [-0.3, -0.25) is 14.7 Å². The molecule has 8 nitrogen and oxygen atoms in total. The van der Waals surface area contributed by atoms with E-state index in [4.69, 9.17) is 4.42 Å². The van der Waals surface area contributed by atoms with Crippen molar-refractivity contribution in [2.24, 2.45) is 4.99 Å². The van der Waals surface area contributed by atoms with E-state index in [1.165, 1.54) is 4.90 Å². The van der Waals surface area contributed by atoms with Gasteiger partial charge in [0.25, 0.3) is 0 Å². The summed E-state index contributed by atoms with van der Waals surface area (Å²) in [6.45, 7) is 1.51. The number of urea groups is 1. The van der Waals surface area contributed by atoms with Crippen LogP contribution in [0.2, 0.25) is 0 Å². The van der Waals surface area contributed by atoms with Crippen molar-refractivity contribution in [3.8, 4) is 0 Å². The lowest BCUT2D eigenvalue weighted by Gasteiger charge is -2.15. The van der Waals surface area contributed by atoms with Crippen molar-refractivity contribution < 1.29 is 14.0 Å². The average molecular weight is 421 g/mol. The van der Waals surface area contributed by atoms with Crippen LogP contribution in [0, 0.1) is 0 Å². The van der Waals surface area contributed by atoms with Crippen LogP contribution < -0.4 is 16.0 Å². The van der Waals surface area contributed by atoms with Crippen LogP contribution in [0.4, 0.5) is 4.79 Å². The lowest BCUT2D eigenvalue weighted by molar-refractivity contribution is -0.124. The number of rotatable bonds is 6. The number of halogens is 1. The Kier molecular flexibility index (Phi) is 7.71. The highest BCUT2D eigenvalue weighted by Gasteiger charge is 2.27. The van der Waals surface area contributed by atoms with Crippen LogP contribution in [0.15, 0.2) is 27.8 Å². The molecule has 0 saturated carbocycles. The fraction of sp³-hybridized carbons (Fsp3) is 0.462. The van der Waals surface area contributed by atoms with Gasteiger partial charge in [0.2, 0.25) is 5.91 Å². The maximum Gasteiger partial charge on any atom is 0.324 e. The minimum Gasteiger partial charge on any atom is -0.469 e. The SMILES string of the molecule is CN=C(NCCc1ccco1)NCCN1C(=O)CNC1=O.I. The number of guanidine groups is 1. The van der Waals surface area contributed by atoms with Crippen molar-refractivity contribution in [1.29, 1.82) is 0 Å². The fourth-order valence-electron chi connectivity index (χ4n) is 1.95. The lowest BCUT2D eigenvalue weighted by Crippen LogP contribution is -2.43. The Hall–Kier alpha value is -1.78. The first-order chi connectivity index (χ1) is 10.2. The number of furan rings is 1.